The minimum absolute atomic E-state index is 0.526. The molecule has 1 N–H and O–H groups in total. The summed E-state index contributed by atoms with van der Waals surface area (Å²) >= 11 is 1.48. The Hall–Kier alpha value is -3.68. The van der Waals surface area contributed by atoms with Gasteiger partial charge in [0, 0.05) is 22.8 Å². The van der Waals surface area contributed by atoms with Crippen LogP contribution in [0.5, 0.6) is 0 Å². The molecular formula is C26H21N3S. The molecule has 4 heteroatoms. The van der Waals surface area contributed by atoms with Crippen LogP contribution in [0.15, 0.2) is 90.4 Å². The lowest BCUT2D eigenvalue weighted by atomic mass is 10.0. The van der Waals surface area contributed by atoms with Crippen LogP contribution in [0.25, 0.3) is 28.0 Å². The summed E-state index contributed by atoms with van der Waals surface area (Å²) in [6.45, 7) is 2.12. The molecule has 0 aliphatic rings. The van der Waals surface area contributed by atoms with Crippen molar-refractivity contribution >= 4 is 22.6 Å². The van der Waals surface area contributed by atoms with Crippen molar-refractivity contribution in [2.24, 2.45) is 0 Å². The van der Waals surface area contributed by atoms with Gasteiger partial charge in [-0.25, -0.2) is 4.98 Å². The number of aromatic nitrogens is 1. The Kier molecular flexibility index (Phi) is 6.03. The first-order valence-corrected chi connectivity index (χ1v) is 10.7. The molecule has 0 radical (unpaired) electrons. The summed E-state index contributed by atoms with van der Waals surface area (Å²) in [6, 6.07) is 29.0. The predicted octanol–water partition coefficient (Wildman–Crippen LogP) is 7.02. The van der Waals surface area contributed by atoms with Gasteiger partial charge in [0.05, 0.1) is 5.69 Å². The van der Waals surface area contributed by atoms with E-state index in [1.54, 1.807) is 6.20 Å². The molecule has 146 valence electrons. The van der Waals surface area contributed by atoms with Crippen molar-refractivity contribution in [1.29, 1.82) is 5.26 Å². The molecule has 4 aromatic rings. The highest BCUT2D eigenvalue weighted by Crippen LogP contribution is 2.28. The number of anilines is 1. The standard InChI is InChI=1S/C26H21N3S/c1-2-19-8-6-7-11-24(19)28-17-23(16-27)26-29-25(18-30-26)22-14-12-21(13-15-22)20-9-4-3-5-10-20/h3-15,17-18,28H,2H2,1H3/b23-17-. The van der Waals surface area contributed by atoms with Crippen LogP contribution >= 0.6 is 11.3 Å². The van der Waals surface area contributed by atoms with Crippen molar-refractivity contribution in [3.63, 3.8) is 0 Å². The fourth-order valence-corrected chi connectivity index (χ4v) is 4.05. The SMILES string of the molecule is CCc1ccccc1N/C=C(/C#N)c1nc(-c2ccc(-c3ccccc3)cc2)cs1. The highest BCUT2D eigenvalue weighted by Gasteiger charge is 2.10. The zero-order valence-corrected chi connectivity index (χ0v) is 17.5. The zero-order chi connectivity index (χ0) is 20.8. The van der Waals surface area contributed by atoms with E-state index in [4.69, 9.17) is 4.98 Å². The maximum atomic E-state index is 9.63. The summed E-state index contributed by atoms with van der Waals surface area (Å²) in [6.07, 6.45) is 2.68. The van der Waals surface area contributed by atoms with Crippen LogP contribution in [0, 0.1) is 11.3 Å². The van der Waals surface area contributed by atoms with E-state index in [9.17, 15) is 5.26 Å². The number of nitrogens with zero attached hydrogens (tertiary/aromatic N) is 2. The lowest BCUT2D eigenvalue weighted by Crippen LogP contribution is -1.95. The van der Waals surface area contributed by atoms with E-state index in [1.165, 1.54) is 28.0 Å². The highest BCUT2D eigenvalue weighted by atomic mass is 32.1. The summed E-state index contributed by atoms with van der Waals surface area (Å²) in [7, 11) is 0. The molecule has 3 aromatic carbocycles. The normalized spacial score (nSPS) is 11.1. The van der Waals surface area contributed by atoms with Gasteiger partial charge in [-0.05, 0) is 29.2 Å². The van der Waals surface area contributed by atoms with Crippen LogP contribution in [0.1, 0.15) is 17.5 Å². The Bertz CT molecular complexity index is 1200. The molecule has 0 fully saturated rings. The Labute approximate surface area is 181 Å². The number of aryl methyl sites for hydroxylation is 1. The van der Waals surface area contributed by atoms with E-state index < -0.39 is 0 Å². The second-order valence-corrected chi connectivity index (χ2v) is 7.66. The lowest BCUT2D eigenvalue weighted by Gasteiger charge is -2.07. The maximum absolute atomic E-state index is 9.63. The molecule has 1 heterocycles. The molecule has 0 amide bonds. The molecule has 30 heavy (non-hydrogen) atoms. The van der Waals surface area contributed by atoms with Crippen molar-refractivity contribution in [1.82, 2.24) is 4.98 Å². The van der Waals surface area contributed by atoms with E-state index in [0.29, 0.717) is 10.6 Å². The average molecular weight is 408 g/mol. The topological polar surface area (TPSA) is 48.7 Å². The maximum Gasteiger partial charge on any atom is 0.136 e. The van der Waals surface area contributed by atoms with Crippen molar-refractivity contribution in [3.8, 4) is 28.5 Å². The molecule has 3 nitrogen and oxygen atoms in total. The van der Waals surface area contributed by atoms with E-state index in [1.807, 2.05) is 41.8 Å². The molecule has 0 aliphatic heterocycles. The summed E-state index contributed by atoms with van der Waals surface area (Å²) in [5.41, 5.74) is 7.04. The second-order valence-electron chi connectivity index (χ2n) is 6.81. The van der Waals surface area contributed by atoms with E-state index in [2.05, 4.69) is 60.8 Å². The van der Waals surface area contributed by atoms with Gasteiger partial charge in [-0.3, -0.25) is 0 Å². The fourth-order valence-electron chi connectivity index (χ4n) is 3.26. The predicted molar refractivity (Wildman–Crippen MR) is 126 cm³/mol. The van der Waals surface area contributed by atoms with Gasteiger partial charge in [0.2, 0.25) is 0 Å². The van der Waals surface area contributed by atoms with Gasteiger partial charge >= 0.3 is 0 Å². The fraction of sp³-hybridized carbons (Fsp3) is 0.0769. The number of nitriles is 1. The molecule has 1 aromatic heterocycles. The van der Waals surface area contributed by atoms with Crippen molar-refractivity contribution in [2.45, 2.75) is 13.3 Å². The summed E-state index contributed by atoms with van der Waals surface area (Å²) < 4.78 is 0. The number of hydrogen-bond donors (Lipinski definition) is 1. The van der Waals surface area contributed by atoms with Crippen LogP contribution < -0.4 is 5.32 Å². The lowest BCUT2D eigenvalue weighted by molar-refractivity contribution is 1.14. The summed E-state index contributed by atoms with van der Waals surface area (Å²) in [4.78, 5) is 4.70. The van der Waals surface area contributed by atoms with Gasteiger partial charge in [-0.1, -0.05) is 79.7 Å². The first kappa shape index (κ1) is 19.6. The number of hydrogen-bond acceptors (Lipinski definition) is 4. The summed E-state index contributed by atoms with van der Waals surface area (Å²) in [5, 5.41) is 15.6. The molecule has 0 bridgehead atoms. The van der Waals surface area contributed by atoms with Crippen LogP contribution in [-0.4, -0.2) is 4.98 Å². The van der Waals surface area contributed by atoms with Crippen LogP contribution in [0.4, 0.5) is 5.69 Å². The largest absolute Gasteiger partial charge is 0.360 e. The second kappa shape index (κ2) is 9.21. The van der Waals surface area contributed by atoms with E-state index >= 15 is 0 Å². The smallest absolute Gasteiger partial charge is 0.136 e. The highest BCUT2D eigenvalue weighted by molar-refractivity contribution is 7.11. The number of benzene rings is 3. The first-order chi connectivity index (χ1) is 14.8. The Balaban J connectivity index is 1.54. The minimum atomic E-state index is 0.526. The number of rotatable bonds is 6. The zero-order valence-electron chi connectivity index (χ0n) is 16.7. The van der Waals surface area contributed by atoms with Crippen LogP contribution in [0.3, 0.4) is 0 Å². The summed E-state index contributed by atoms with van der Waals surface area (Å²) in [5.74, 6) is 0. The van der Waals surface area contributed by atoms with E-state index in [0.717, 1.165) is 23.4 Å². The molecular weight excluding hydrogens is 386 g/mol. The number of allylic oxidation sites excluding steroid dienone is 1. The molecule has 0 spiro atoms. The Morgan fingerprint density at radius 2 is 1.60 bits per heavy atom. The average Bonchev–Trinajstić information content (AvgIpc) is 3.30. The van der Waals surface area contributed by atoms with Gasteiger partial charge in [0.15, 0.2) is 0 Å². The van der Waals surface area contributed by atoms with Gasteiger partial charge in [-0.15, -0.1) is 11.3 Å². The molecule has 4 rings (SSSR count). The number of para-hydroxylation sites is 1. The molecule has 0 aliphatic carbocycles. The van der Waals surface area contributed by atoms with Crippen molar-refractivity contribution in [3.05, 3.63) is 101 Å². The van der Waals surface area contributed by atoms with E-state index in [-0.39, 0.29) is 0 Å². The van der Waals surface area contributed by atoms with Crippen LogP contribution in [0.2, 0.25) is 0 Å². The number of nitrogens with one attached hydrogen (secondary N) is 1. The Morgan fingerprint density at radius 1 is 0.933 bits per heavy atom. The van der Waals surface area contributed by atoms with Gasteiger partial charge < -0.3 is 5.32 Å². The Morgan fingerprint density at radius 3 is 2.33 bits per heavy atom. The number of thiazole rings is 1. The third kappa shape index (κ3) is 4.32. The molecule has 0 unspecified atom stereocenters. The molecule has 0 saturated carbocycles. The third-order valence-corrected chi connectivity index (χ3v) is 5.79. The van der Waals surface area contributed by atoms with Crippen LogP contribution in [-0.2, 0) is 6.42 Å². The van der Waals surface area contributed by atoms with Gasteiger partial charge in [0.1, 0.15) is 16.6 Å². The van der Waals surface area contributed by atoms with Crippen molar-refractivity contribution in [2.75, 3.05) is 5.32 Å². The molecule has 0 atom stereocenters. The monoisotopic (exact) mass is 407 g/mol. The first-order valence-electron chi connectivity index (χ1n) is 9.85. The van der Waals surface area contributed by atoms with Gasteiger partial charge in [-0.2, -0.15) is 5.26 Å². The quantitative estimate of drug-likeness (QED) is 0.350. The molecule has 0 saturated heterocycles. The minimum Gasteiger partial charge on any atom is -0.360 e. The third-order valence-electron chi connectivity index (χ3n) is 4.91. The van der Waals surface area contributed by atoms with Gasteiger partial charge in [0.25, 0.3) is 0 Å². The van der Waals surface area contributed by atoms with Crippen molar-refractivity contribution < 1.29 is 0 Å².